The second kappa shape index (κ2) is 11.5. The summed E-state index contributed by atoms with van der Waals surface area (Å²) >= 11 is 13.2. The van der Waals surface area contributed by atoms with E-state index < -0.39 is 4.92 Å². The maximum Gasteiger partial charge on any atom is 0.313 e. The van der Waals surface area contributed by atoms with Gasteiger partial charge in [0.1, 0.15) is 12.4 Å². The van der Waals surface area contributed by atoms with Gasteiger partial charge < -0.3 is 4.74 Å². The molecule has 1 heterocycles. The van der Waals surface area contributed by atoms with E-state index in [1.807, 2.05) is 44.2 Å². The lowest BCUT2D eigenvalue weighted by molar-refractivity contribution is -0.385. The molecule has 0 aliphatic carbocycles. The van der Waals surface area contributed by atoms with Crippen molar-refractivity contribution in [2.45, 2.75) is 32.8 Å². The Bertz CT molecular complexity index is 1570. The number of nitro benzene ring substituents is 1. The number of aromatic nitrogens is 2. The molecular weight excluding hydrogens is 628 g/mol. The Kier molecular flexibility index (Phi) is 8.41. The monoisotopic (exact) mass is 646 g/mol. The summed E-state index contributed by atoms with van der Waals surface area (Å²) < 4.78 is 8.60. The minimum Gasteiger partial charge on any atom is -0.481 e. The number of nitrogens with zero attached hydrogens (tertiary/aromatic N) is 4. The third kappa shape index (κ3) is 6.08. The third-order valence-corrected chi connectivity index (χ3v) is 7.05. The van der Waals surface area contributed by atoms with Crippen molar-refractivity contribution in [1.29, 1.82) is 0 Å². The van der Waals surface area contributed by atoms with Crippen molar-refractivity contribution in [2.75, 3.05) is 0 Å². The summed E-state index contributed by atoms with van der Waals surface area (Å²) in [5.41, 5.74) is 1.09. The molecule has 4 rings (SSSR count). The van der Waals surface area contributed by atoms with E-state index in [9.17, 15) is 14.9 Å². The number of rotatable bonds is 8. The van der Waals surface area contributed by atoms with Crippen LogP contribution in [0.4, 0.5) is 5.69 Å². The van der Waals surface area contributed by atoms with Gasteiger partial charge in [-0.15, -0.1) is 0 Å². The maximum atomic E-state index is 13.3. The summed E-state index contributed by atoms with van der Waals surface area (Å²) in [5, 5.41) is 16.7. The molecule has 1 atom stereocenters. The molecule has 0 aliphatic heterocycles. The number of ether oxygens (including phenoxy) is 1. The van der Waals surface area contributed by atoms with Crippen LogP contribution < -0.4 is 10.3 Å². The van der Waals surface area contributed by atoms with Crippen LogP contribution in [0.5, 0.6) is 5.75 Å². The van der Waals surface area contributed by atoms with Gasteiger partial charge in [0.05, 0.1) is 27.1 Å². The van der Waals surface area contributed by atoms with Crippen molar-refractivity contribution in [2.24, 2.45) is 5.10 Å². The largest absolute Gasteiger partial charge is 0.481 e. The molecule has 0 bridgehead atoms. The predicted molar refractivity (Wildman–Crippen MR) is 152 cm³/mol. The fraction of sp³-hybridized carbons (Fsp3) is 0.192. The summed E-state index contributed by atoms with van der Waals surface area (Å²) in [4.78, 5) is 29.2. The first-order valence-corrected chi connectivity index (χ1v) is 13.3. The van der Waals surface area contributed by atoms with Gasteiger partial charge in [-0.1, -0.05) is 69.4 Å². The Balaban J connectivity index is 1.73. The van der Waals surface area contributed by atoms with Crippen LogP contribution in [0.2, 0.25) is 5.02 Å². The van der Waals surface area contributed by atoms with Crippen molar-refractivity contribution in [3.05, 3.63) is 106 Å². The molecule has 0 saturated heterocycles. The second-order valence-electron chi connectivity index (χ2n) is 8.33. The molecule has 8 nitrogen and oxygen atoms in total. The first kappa shape index (κ1) is 27.0. The molecule has 0 N–H and O–H groups in total. The lowest BCUT2D eigenvalue weighted by atomic mass is 10.1. The number of hydrogen-bond acceptors (Lipinski definition) is 6. The Morgan fingerprint density at radius 3 is 2.54 bits per heavy atom. The van der Waals surface area contributed by atoms with Crippen LogP contribution in [0.3, 0.4) is 0 Å². The number of halogens is 3. The van der Waals surface area contributed by atoms with E-state index in [2.05, 4.69) is 41.9 Å². The Hall–Kier alpha value is -3.08. The highest BCUT2D eigenvalue weighted by Crippen LogP contribution is 2.36. The van der Waals surface area contributed by atoms with Gasteiger partial charge in [-0.2, -0.15) is 9.78 Å². The minimum atomic E-state index is -0.563. The minimum absolute atomic E-state index is 0.0404. The van der Waals surface area contributed by atoms with Gasteiger partial charge >= 0.3 is 5.69 Å². The summed E-state index contributed by atoms with van der Waals surface area (Å²) in [7, 11) is 0. The van der Waals surface area contributed by atoms with Gasteiger partial charge in [-0.05, 0) is 48.4 Å². The lowest BCUT2D eigenvalue weighted by Gasteiger charge is -2.14. The molecule has 3 aromatic carbocycles. The van der Waals surface area contributed by atoms with Gasteiger partial charge in [-0.3, -0.25) is 14.9 Å². The molecular formula is C26H21Br2ClN4O4. The van der Waals surface area contributed by atoms with Crippen LogP contribution in [0.25, 0.3) is 10.9 Å². The predicted octanol–water partition coefficient (Wildman–Crippen LogP) is 7.46. The van der Waals surface area contributed by atoms with Crippen LogP contribution in [0, 0.1) is 10.1 Å². The summed E-state index contributed by atoms with van der Waals surface area (Å²) in [6, 6.07) is 15.5. The highest BCUT2D eigenvalue weighted by atomic mass is 79.9. The Labute approximate surface area is 234 Å². The molecule has 11 heteroatoms. The van der Waals surface area contributed by atoms with E-state index in [-0.39, 0.29) is 34.5 Å². The van der Waals surface area contributed by atoms with Crippen molar-refractivity contribution in [3.8, 4) is 5.75 Å². The van der Waals surface area contributed by atoms with E-state index in [0.29, 0.717) is 22.3 Å². The van der Waals surface area contributed by atoms with Gasteiger partial charge in [0, 0.05) is 26.5 Å². The zero-order valence-corrected chi connectivity index (χ0v) is 23.7. The van der Waals surface area contributed by atoms with E-state index in [1.54, 1.807) is 12.1 Å². The van der Waals surface area contributed by atoms with Crippen molar-refractivity contribution >= 4 is 66.3 Å². The number of nitro groups is 1. The molecule has 0 amide bonds. The first-order valence-electron chi connectivity index (χ1n) is 11.3. The fourth-order valence-corrected chi connectivity index (χ4v) is 4.49. The standard InChI is InChI=1S/C26H21Br2ClN4O4/c1-3-15(2)25-31-22-9-8-19(28)12-20(22)26(34)32(25)30-13-17-10-21(29)24(23(11-17)33(35)36)37-14-16-4-6-18(27)7-5-16/h4-13,15H,3,14H2,1-2H3/t15-/m1/s1. The Morgan fingerprint density at radius 2 is 1.86 bits per heavy atom. The molecule has 1 aromatic heterocycles. The smallest absolute Gasteiger partial charge is 0.313 e. The molecule has 190 valence electrons. The molecule has 0 radical (unpaired) electrons. The van der Waals surface area contributed by atoms with Gasteiger partial charge in [0.25, 0.3) is 5.56 Å². The van der Waals surface area contributed by atoms with E-state index >= 15 is 0 Å². The molecule has 0 unspecified atom stereocenters. The van der Waals surface area contributed by atoms with Gasteiger partial charge in [0.15, 0.2) is 0 Å². The van der Waals surface area contributed by atoms with Gasteiger partial charge in [-0.25, -0.2) is 4.98 Å². The van der Waals surface area contributed by atoms with E-state index in [4.69, 9.17) is 16.3 Å². The van der Waals surface area contributed by atoms with Gasteiger partial charge in [0.2, 0.25) is 5.75 Å². The second-order valence-corrected chi connectivity index (χ2v) is 10.6. The first-order chi connectivity index (χ1) is 17.7. The van der Waals surface area contributed by atoms with Crippen molar-refractivity contribution in [3.63, 3.8) is 0 Å². The zero-order chi connectivity index (χ0) is 26.7. The van der Waals surface area contributed by atoms with Crippen LogP contribution in [-0.4, -0.2) is 20.8 Å². The lowest BCUT2D eigenvalue weighted by Crippen LogP contribution is -2.23. The van der Waals surface area contributed by atoms with E-state index in [0.717, 1.165) is 20.9 Å². The van der Waals surface area contributed by atoms with Crippen molar-refractivity contribution in [1.82, 2.24) is 9.66 Å². The Morgan fingerprint density at radius 1 is 1.16 bits per heavy atom. The molecule has 0 saturated carbocycles. The maximum absolute atomic E-state index is 13.3. The number of fused-ring (bicyclic) bond motifs is 1. The van der Waals surface area contributed by atoms with Crippen LogP contribution >= 0.6 is 43.5 Å². The highest BCUT2D eigenvalue weighted by Gasteiger charge is 2.21. The SMILES string of the molecule is CC[C@@H](C)c1nc2ccc(Br)cc2c(=O)n1N=Cc1cc(Cl)c(OCc2ccc(Br)cc2)c([N+](=O)[O-])c1. The van der Waals surface area contributed by atoms with Crippen LogP contribution in [-0.2, 0) is 6.61 Å². The third-order valence-electron chi connectivity index (χ3n) is 5.75. The summed E-state index contributed by atoms with van der Waals surface area (Å²) in [6.45, 7) is 4.05. The van der Waals surface area contributed by atoms with E-state index in [1.165, 1.54) is 23.0 Å². The average Bonchev–Trinajstić information content (AvgIpc) is 2.87. The quantitative estimate of drug-likeness (QED) is 0.112. The average molecular weight is 649 g/mol. The molecule has 0 fully saturated rings. The normalized spacial score (nSPS) is 12.2. The zero-order valence-electron chi connectivity index (χ0n) is 19.8. The molecule has 0 aliphatic rings. The highest BCUT2D eigenvalue weighted by molar-refractivity contribution is 9.10. The fourth-order valence-electron chi connectivity index (χ4n) is 3.59. The molecule has 0 spiro atoms. The topological polar surface area (TPSA) is 99.6 Å². The summed E-state index contributed by atoms with van der Waals surface area (Å²) in [6.07, 6.45) is 2.10. The number of benzene rings is 3. The summed E-state index contributed by atoms with van der Waals surface area (Å²) in [5.74, 6) is 0.403. The molecule has 4 aromatic rings. The number of hydrogen-bond donors (Lipinski definition) is 0. The van der Waals surface area contributed by atoms with Crippen LogP contribution in [0.1, 0.15) is 43.1 Å². The van der Waals surface area contributed by atoms with Crippen molar-refractivity contribution < 1.29 is 9.66 Å². The molecule has 37 heavy (non-hydrogen) atoms. The van der Waals surface area contributed by atoms with Crippen LogP contribution in [0.15, 0.2) is 73.4 Å².